The molecule has 1 N–H and O–H groups in total. The Morgan fingerprint density at radius 1 is 1.25 bits per heavy atom. The van der Waals surface area contributed by atoms with E-state index in [0.29, 0.717) is 11.6 Å². The highest BCUT2D eigenvalue weighted by atomic mass is 35.5. The lowest BCUT2D eigenvalue weighted by Gasteiger charge is -2.10. The van der Waals surface area contributed by atoms with Gasteiger partial charge in [0.05, 0.1) is 10.6 Å². The highest BCUT2D eigenvalue weighted by Gasteiger charge is 2.16. The first-order valence-electron chi connectivity index (χ1n) is 6.21. The van der Waals surface area contributed by atoms with Gasteiger partial charge < -0.3 is 10.2 Å². The van der Waals surface area contributed by atoms with Crippen molar-refractivity contribution in [3.8, 4) is 0 Å². The van der Waals surface area contributed by atoms with E-state index in [-0.39, 0.29) is 23.0 Å². The minimum atomic E-state index is -3.44. The summed E-state index contributed by atoms with van der Waals surface area (Å²) in [5.41, 5.74) is 0. The second-order valence-corrected chi connectivity index (χ2v) is 7.22. The number of carbonyl (C=O) groups is 1. The summed E-state index contributed by atoms with van der Waals surface area (Å²) in [7, 11) is 0.357. The summed E-state index contributed by atoms with van der Waals surface area (Å²) in [4.78, 5) is 13.7. The molecule has 1 amide bonds. The van der Waals surface area contributed by atoms with Crippen LogP contribution in [0.25, 0.3) is 0 Å². The van der Waals surface area contributed by atoms with E-state index in [1.165, 1.54) is 24.3 Å². The van der Waals surface area contributed by atoms with Crippen molar-refractivity contribution in [3.05, 3.63) is 29.3 Å². The number of halogens is 1. The van der Waals surface area contributed by atoms with E-state index in [9.17, 15) is 13.2 Å². The van der Waals surface area contributed by atoms with Gasteiger partial charge in [0, 0.05) is 24.5 Å². The summed E-state index contributed by atoms with van der Waals surface area (Å²) in [6, 6.07) is 5.93. The minimum absolute atomic E-state index is 0.0433. The van der Waals surface area contributed by atoms with Crippen LogP contribution in [0.1, 0.15) is 6.42 Å². The Bertz CT molecular complexity index is 541. The van der Waals surface area contributed by atoms with Crippen LogP contribution < -0.4 is 5.32 Å². The van der Waals surface area contributed by atoms with Gasteiger partial charge in [-0.1, -0.05) is 11.6 Å². The van der Waals surface area contributed by atoms with Gasteiger partial charge in [0.2, 0.25) is 5.91 Å². The molecule has 0 fully saturated rings. The third-order valence-corrected chi connectivity index (χ3v) is 4.64. The Labute approximate surface area is 124 Å². The zero-order valence-electron chi connectivity index (χ0n) is 11.6. The summed E-state index contributed by atoms with van der Waals surface area (Å²) in [5, 5.41) is 3.16. The van der Waals surface area contributed by atoms with E-state index >= 15 is 0 Å². The molecule has 0 unspecified atom stereocenters. The first kappa shape index (κ1) is 16.9. The van der Waals surface area contributed by atoms with Crippen LogP contribution in [-0.4, -0.2) is 52.2 Å². The number of rotatable bonds is 7. The van der Waals surface area contributed by atoms with Crippen LogP contribution in [0.5, 0.6) is 0 Å². The maximum absolute atomic E-state index is 12.0. The van der Waals surface area contributed by atoms with Crippen molar-refractivity contribution in [1.29, 1.82) is 0 Å². The Morgan fingerprint density at radius 3 is 2.40 bits per heavy atom. The second-order valence-electron chi connectivity index (χ2n) is 4.68. The van der Waals surface area contributed by atoms with Gasteiger partial charge in [-0.15, -0.1) is 0 Å². The van der Waals surface area contributed by atoms with E-state index in [0.717, 1.165) is 6.54 Å². The number of carbonyl (C=O) groups excluding carboxylic acids is 1. The largest absolute Gasteiger partial charge is 0.355 e. The van der Waals surface area contributed by atoms with Crippen molar-refractivity contribution in [3.63, 3.8) is 0 Å². The molecule has 0 saturated carbocycles. The molecule has 0 aromatic heterocycles. The van der Waals surface area contributed by atoms with Crippen LogP contribution in [0.2, 0.25) is 5.02 Å². The lowest BCUT2D eigenvalue weighted by molar-refractivity contribution is -0.120. The van der Waals surface area contributed by atoms with Crippen LogP contribution in [0, 0.1) is 0 Å². The molecule has 1 aromatic rings. The van der Waals surface area contributed by atoms with Crippen molar-refractivity contribution < 1.29 is 13.2 Å². The van der Waals surface area contributed by atoms with Crippen molar-refractivity contribution in [2.24, 2.45) is 0 Å². The number of hydrogen-bond donors (Lipinski definition) is 1. The second kappa shape index (κ2) is 7.61. The topological polar surface area (TPSA) is 66.5 Å². The van der Waals surface area contributed by atoms with E-state index in [2.05, 4.69) is 5.32 Å². The fourth-order valence-corrected chi connectivity index (χ4v) is 2.86. The number of likely N-dealkylation sites (N-methyl/N-ethyl adjacent to an activating group) is 1. The molecule has 0 atom stereocenters. The van der Waals surface area contributed by atoms with Gasteiger partial charge in [0.15, 0.2) is 9.84 Å². The first-order chi connectivity index (χ1) is 9.31. The van der Waals surface area contributed by atoms with Gasteiger partial charge in [-0.05, 0) is 38.4 Å². The molecule has 0 spiro atoms. The zero-order chi connectivity index (χ0) is 15.2. The molecule has 0 bridgehead atoms. The van der Waals surface area contributed by atoms with Crippen LogP contribution >= 0.6 is 11.6 Å². The molecule has 5 nitrogen and oxygen atoms in total. The summed E-state index contributed by atoms with van der Waals surface area (Å²) in [5.74, 6) is -0.466. The minimum Gasteiger partial charge on any atom is -0.355 e. The molecule has 7 heteroatoms. The van der Waals surface area contributed by atoms with Crippen LogP contribution in [0.15, 0.2) is 29.2 Å². The monoisotopic (exact) mass is 318 g/mol. The highest BCUT2D eigenvalue weighted by Crippen LogP contribution is 2.15. The fourth-order valence-electron chi connectivity index (χ4n) is 1.49. The molecule has 0 saturated heterocycles. The number of hydrogen-bond acceptors (Lipinski definition) is 4. The Hall–Kier alpha value is -1.11. The molecule has 1 rings (SSSR count). The molecular formula is C13H19ClN2O3S. The normalized spacial score (nSPS) is 11.6. The van der Waals surface area contributed by atoms with Crippen molar-refractivity contribution in [2.45, 2.75) is 11.3 Å². The molecule has 0 aliphatic rings. The van der Waals surface area contributed by atoms with Crippen molar-refractivity contribution in [1.82, 2.24) is 10.2 Å². The fraction of sp³-hybridized carbons (Fsp3) is 0.462. The number of nitrogens with zero attached hydrogens (tertiary/aromatic N) is 1. The lowest BCUT2D eigenvalue weighted by atomic mass is 10.4. The number of nitrogens with one attached hydrogen (secondary N) is 1. The van der Waals surface area contributed by atoms with Crippen LogP contribution in [-0.2, 0) is 14.6 Å². The van der Waals surface area contributed by atoms with Crippen LogP contribution in [0.4, 0.5) is 0 Å². The predicted octanol–water partition coefficient (Wildman–Crippen LogP) is 1.18. The average molecular weight is 319 g/mol. The quantitative estimate of drug-likeness (QED) is 0.820. The summed E-state index contributed by atoms with van der Waals surface area (Å²) in [6.07, 6.45) is -0.0433. The molecule has 0 heterocycles. The van der Waals surface area contributed by atoms with E-state index in [1.807, 2.05) is 19.0 Å². The Balaban J connectivity index is 2.47. The van der Waals surface area contributed by atoms with Crippen LogP contribution in [0.3, 0.4) is 0 Å². The van der Waals surface area contributed by atoms with Gasteiger partial charge in [-0.2, -0.15) is 0 Å². The molecule has 0 radical (unpaired) electrons. The molecule has 20 heavy (non-hydrogen) atoms. The van der Waals surface area contributed by atoms with Gasteiger partial charge in [0.1, 0.15) is 0 Å². The third kappa shape index (κ3) is 5.90. The maximum Gasteiger partial charge on any atom is 0.221 e. The smallest absolute Gasteiger partial charge is 0.221 e. The molecule has 112 valence electrons. The van der Waals surface area contributed by atoms with Gasteiger partial charge in [-0.25, -0.2) is 8.42 Å². The van der Waals surface area contributed by atoms with E-state index in [1.54, 1.807) is 0 Å². The van der Waals surface area contributed by atoms with Gasteiger partial charge in [-0.3, -0.25) is 4.79 Å². The summed E-state index contributed by atoms with van der Waals surface area (Å²) < 4.78 is 24.0. The van der Waals surface area contributed by atoms with E-state index < -0.39 is 9.84 Å². The Morgan fingerprint density at radius 2 is 1.85 bits per heavy atom. The van der Waals surface area contributed by atoms with Crippen molar-refractivity contribution >= 4 is 27.3 Å². The maximum atomic E-state index is 12.0. The molecule has 0 aliphatic carbocycles. The zero-order valence-corrected chi connectivity index (χ0v) is 13.2. The lowest BCUT2D eigenvalue weighted by Crippen LogP contribution is -2.32. The van der Waals surface area contributed by atoms with E-state index in [4.69, 9.17) is 11.6 Å². The standard InChI is InChI=1S/C13H19ClN2O3S/c1-16(2)9-8-15-13(17)7-10-20(18,19)12-5-3-11(14)4-6-12/h3-6H,7-10H2,1-2H3,(H,15,17). The number of amides is 1. The first-order valence-corrected chi connectivity index (χ1v) is 8.24. The highest BCUT2D eigenvalue weighted by molar-refractivity contribution is 7.91. The average Bonchev–Trinajstić information content (AvgIpc) is 2.36. The molecule has 0 aliphatic heterocycles. The third-order valence-electron chi connectivity index (χ3n) is 2.65. The Kier molecular flexibility index (Phi) is 6.45. The van der Waals surface area contributed by atoms with Crippen molar-refractivity contribution in [2.75, 3.05) is 32.9 Å². The molecular weight excluding hydrogens is 300 g/mol. The van der Waals surface area contributed by atoms with Gasteiger partial charge >= 0.3 is 0 Å². The molecule has 1 aromatic carbocycles. The SMILES string of the molecule is CN(C)CCNC(=O)CCS(=O)(=O)c1ccc(Cl)cc1. The summed E-state index contributed by atoms with van der Waals surface area (Å²) in [6.45, 7) is 1.22. The van der Waals surface area contributed by atoms with Gasteiger partial charge in [0.25, 0.3) is 0 Å². The number of sulfone groups is 1. The number of benzene rings is 1. The summed E-state index contributed by atoms with van der Waals surface area (Å²) >= 11 is 5.71. The predicted molar refractivity (Wildman–Crippen MR) is 79.7 cm³/mol.